The van der Waals surface area contributed by atoms with Gasteiger partial charge in [0.05, 0.1) is 12.2 Å². The molecule has 0 aliphatic heterocycles. The lowest BCUT2D eigenvalue weighted by molar-refractivity contribution is -0.114. The number of carbonyl (C=O) groups excluding carboxylic acids is 1. The van der Waals surface area contributed by atoms with Crippen LogP contribution in [-0.4, -0.2) is 28.2 Å². The van der Waals surface area contributed by atoms with Gasteiger partial charge in [0, 0.05) is 12.8 Å². The molecule has 0 aromatic rings. The number of rotatable bonds is 4. The summed E-state index contributed by atoms with van der Waals surface area (Å²) in [7, 11) is 0. The lowest BCUT2D eigenvalue weighted by Crippen LogP contribution is -2.36. The Balaban J connectivity index is 1.50. The number of aliphatic hydroxyl groups excluding tert-OH is 2. The highest BCUT2D eigenvalue weighted by molar-refractivity contribution is 5.92. The van der Waals surface area contributed by atoms with Crippen molar-refractivity contribution in [2.75, 3.05) is 0 Å². The van der Waals surface area contributed by atoms with E-state index in [1.165, 1.54) is 31.3 Å². The summed E-state index contributed by atoms with van der Waals surface area (Å²) in [6.45, 7) is 8.96. The summed E-state index contributed by atoms with van der Waals surface area (Å²) in [5.74, 6) is 2.27. The van der Waals surface area contributed by atoms with E-state index in [4.69, 9.17) is 0 Å². The first-order valence-electron chi connectivity index (χ1n) is 11.9. The molecule has 2 N–H and O–H groups in total. The molecule has 0 radical (unpaired) electrons. The maximum atomic E-state index is 11.6. The molecule has 6 atom stereocenters. The Morgan fingerprint density at radius 1 is 1.23 bits per heavy atom. The molecule has 4 aliphatic carbocycles. The Bertz CT molecular complexity index is 801. The van der Waals surface area contributed by atoms with Gasteiger partial charge in [-0.15, -0.1) is 0 Å². The molecule has 4 aliphatic rings. The zero-order valence-electron chi connectivity index (χ0n) is 18.7. The van der Waals surface area contributed by atoms with Crippen molar-refractivity contribution in [1.29, 1.82) is 0 Å². The maximum Gasteiger partial charge on any atom is 0.155 e. The quantitative estimate of drug-likeness (QED) is 0.648. The van der Waals surface area contributed by atoms with Crippen LogP contribution in [0.5, 0.6) is 0 Å². The van der Waals surface area contributed by atoms with Gasteiger partial charge in [-0.05, 0) is 91.8 Å². The minimum Gasteiger partial charge on any atom is -0.393 e. The number of aliphatic hydroxyl groups is 2. The minimum absolute atomic E-state index is 0.308. The van der Waals surface area contributed by atoms with Gasteiger partial charge in [-0.25, -0.2) is 0 Å². The largest absolute Gasteiger partial charge is 0.393 e. The van der Waals surface area contributed by atoms with Crippen LogP contribution in [0.1, 0.15) is 78.1 Å². The molecular weight excluding hydrogens is 372 g/mol. The Kier molecular flexibility index (Phi) is 6.23. The number of allylic oxidation sites excluding steroid dienone is 5. The minimum atomic E-state index is -0.622. The highest BCUT2D eigenvalue weighted by atomic mass is 16.3. The van der Waals surface area contributed by atoms with Gasteiger partial charge in [0.25, 0.3) is 0 Å². The van der Waals surface area contributed by atoms with Gasteiger partial charge in [0.15, 0.2) is 5.78 Å². The van der Waals surface area contributed by atoms with Crippen LogP contribution in [-0.2, 0) is 4.79 Å². The van der Waals surface area contributed by atoms with E-state index in [-0.39, 0.29) is 0 Å². The molecule has 0 heterocycles. The van der Waals surface area contributed by atoms with E-state index in [1.807, 2.05) is 6.08 Å². The molecule has 0 aromatic carbocycles. The summed E-state index contributed by atoms with van der Waals surface area (Å²) in [6.07, 6.45) is 15.2. The molecule has 3 saturated carbocycles. The van der Waals surface area contributed by atoms with Crippen molar-refractivity contribution in [2.24, 2.45) is 23.2 Å². The molecule has 0 bridgehead atoms. The van der Waals surface area contributed by atoms with Crippen LogP contribution < -0.4 is 0 Å². The molecule has 1 unspecified atom stereocenters. The van der Waals surface area contributed by atoms with Crippen molar-refractivity contribution < 1.29 is 15.0 Å². The third kappa shape index (κ3) is 4.16. The van der Waals surface area contributed by atoms with E-state index in [9.17, 15) is 15.0 Å². The molecule has 0 aromatic heterocycles. The lowest BCUT2D eigenvalue weighted by Gasteiger charge is -2.44. The van der Waals surface area contributed by atoms with E-state index >= 15 is 0 Å². The van der Waals surface area contributed by atoms with Gasteiger partial charge in [-0.1, -0.05) is 43.7 Å². The highest BCUT2D eigenvalue weighted by Gasteiger charge is 2.50. The fraction of sp³-hybridized carbons (Fsp3) is 0.667. The number of hydrogen-bond acceptors (Lipinski definition) is 3. The third-order valence-corrected chi connectivity index (χ3v) is 8.63. The Hall–Kier alpha value is -1.45. The lowest BCUT2D eigenvalue weighted by atomic mass is 9.60. The average Bonchev–Trinajstić information content (AvgIpc) is 3.25. The van der Waals surface area contributed by atoms with E-state index in [1.54, 1.807) is 5.57 Å². The molecule has 0 amide bonds. The normalized spacial score (nSPS) is 40.7. The zero-order chi connectivity index (χ0) is 21.5. The van der Waals surface area contributed by atoms with Gasteiger partial charge in [0.2, 0.25) is 0 Å². The van der Waals surface area contributed by atoms with E-state index in [2.05, 4.69) is 32.6 Å². The smallest absolute Gasteiger partial charge is 0.155 e. The van der Waals surface area contributed by atoms with Gasteiger partial charge >= 0.3 is 0 Å². The summed E-state index contributed by atoms with van der Waals surface area (Å²) in [5, 5.41) is 20.2. The number of ketones is 1. The van der Waals surface area contributed by atoms with Crippen LogP contribution in [0.15, 0.2) is 47.1 Å². The standard InChI is InChI=1S/C27H38O3/c1-17(13-19-6-9-22(28)14-19)24-10-11-25-20(5-4-12-27(24,25)3)7-8-21-15-23(29)16-26(30)18(21)2/h7-8,14,17,23-26,29-30H,2,4-6,9-13,15-16H2,1,3H3/b20-7+,21-8-/t17-,23-,24-,25?,26+,27-/m1/s1. The van der Waals surface area contributed by atoms with E-state index in [0.717, 1.165) is 30.4 Å². The summed E-state index contributed by atoms with van der Waals surface area (Å²) < 4.78 is 0. The molecule has 3 heteroatoms. The fourth-order valence-electron chi connectivity index (χ4n) is 7.05. The first-order chi connectivity index (χ1) is 14.3. The van der Waals surface area contributed by atoms with Gasteiger partial charge in [0.1, 0.15) is 0 Å². The molecule has 3 fully saturated rings. The van der Waals surface area contributed by atoms with Crippen molar-refractivity contribution in [3.8, 4) is 0 Å². The van der Waals surface area contributed by atoms with Crippen molar-refractivity contribution in [3.05, 3.63) is 47.1 Å². The van der Waals surface area contributed by atoms with Crippen molar-refractivity contribution in [3.63, 3.8) is 0 Å². The predicted octanol–water partition coefficient (Wildman–Crippen LogP) is 5.44. The molecule has 3 nitrogen and oxygen atoms in total. The van der Waals surface area contributed by atoms with Crippen LogP contribution in [0.3, 0.4) is 0 Å². The van der Waals surface area contributed by atoms with Gasteiger partial charge in [-0.2, -0.15) is 0 Å². The monoisotopic (exact) mass is 410 g/mol. The van der Waals surface area contributed by atoms with Gasteiger partial charge < -0.3 is 10.2 Å². The number of carbonyl (C=O) groups is 1. The second-order valence-electron chi connectivity index (χ2n) is 10.6. The van der Waals surface area contributed by atoms with Crippen LogP contribution in [0, 0.1) is 23.2 Å². The summed E-state index contributed by atoms with van der Waals surface area (Å²) in [5.41, 5.74) is 5.02. The van der Waals surface area contributed by atoms with Crippen molar-refractivity contribution >= 4 is 5.78 Å². The number of fused-ring (bicyclic) bond motifs is 1. The molecule has 30 heavy (non-hydrogen) atoms. The van der Waals surface area contributed by atoms with Crippen LogP contribution >= 0.6 is 0 Å². The number of hydrogen-bond donors (Lipinski definition) is 2. The summed E-state index contributed by atoms with van der Waals surface area (Å²) >= 11 is 0. The molecule has 0 saturated heterocycles. The van der Waals surface area contributed by atoms with Gasteiger partial charge in [-0.3, -0.25) is 4.79 Å². The Morgan fingerprint density at radius 3 is 2.77 bits per heavy atom. The first-order valence-corrected chi connectivity index (χ1v) is 11.9. The summed E-state index contributed by atoms with van der Waals surface area (Å²) in [6, 6.07) is 0. The fourth-order valence-corrected chi connectivity index (χ4v) is 7.05. The third-order valence-electron chi connectivity index (χ3n) is 8.63. The van der Waals surface area contributed by atoms with E-state index in [0.29, 0.717) is 48.2 Å². The maximum absolute atomic E-state index is 11.6. The van der Waals surface area contributed by atoms with Crippen molar-refractivity contribution in [2.45, 2.75) is 90.3 Å². The average molecular weight is 411 g/mol. The topological polar surface area (TPSA) is 57.5 Å². The molecular formula is C27H38O3. The second-order valence-corrected chi connectivity index (χ2v) is 10.6. The second kappa shape index (κ2) is 8.59. The molecule has 4 rings (SSSR count). The predicted molar refractivity (Wildman–Crippen MR) is 121 cm³/mol. The first kappa shape index (κ1) is 21.8. The Labute approximate surface area is 181 Å². The SMILES string of the molecule is C=C1/C(=C\C=C2/CCC[C@@]3(C)C2CC[C@@H]3[C@H](C)CC2=CC(=O)CC2)C[C@@H](O)C[C@@H]1O. The van der Waals surface area contributed by atoms with Crippen LogP contribution in [0.4, 0.5) is 0 Å². The Morgan fingerprint density at radius 2 is 2.03 bits per heavy atom. The zero-order valence-corrected chi connectivity index (χ0v) is 18.7. The molecule has 0 spiro atoms. The van der Waals surface area contributed by atoms with Crippen LogP contribution in [0.25, 0.3) is 0 Å². The van der Waals surface area contributed by atoms with Crippen LogP contribution in [0.2, 0.25) is 0 Å². The van der Waals surface area contributed by atoms with Crippen molar-refractivity contribution in [1.82, 2.24) is 0 Å². The highest BCUT2D eigenvalue weighted by Crippen LogP contribution is 2.60. The summed E-state index contributed by atoms with van der Waals surface area (Å²) in [4.78, 5) is 11.6. The van der Waals surface area contributed by atoms with E-state index < -0.39 is 12.2 Å². The molecule has 164 valence electrons.